The van der Waals surface area contributed by atoms with Crippen molar-refractivity contribution in [3.63, 3.8) is 0 Å². The van der Waals surface area contributed by atoms with Gasteiger partial charge in [-0.05, 0) is 19.1 Å². The van der Waals surface area contributed by atoms with E-state index in [1.165, 1.54) is 18.5 Å². The number of pyridine rings is 1. The average molecular weight is 268 g/mol. The minimum Gasteiger partial charge on any atom is -0.364 e. The quantitative estimate of drug-likeness (QED) is 0.930. The minimum absolute atomic E-state index is 0.132. The van der Waals surface area contributed by atoms with Crippen molar-refractivity contribution in [2.24, 2.45) is 0 Å². The Hall–Kier alpha value is -2.18. The van der Waals surface area contributed by atoms with E-state index in [0.717, 1.165) is 11.8 Å². The first-order valence-electron chi connectivity index (χ1n) is 5.50. The molecule has 0 fully saturated rings. The molecule has 0 spiro atoms. The highest BCUT2D eigenvalue weighted by molar-refractivity contribution is 5.45. The maximum absolute atomic E-state index is 12.7. The Morgan fingerprint density at radius 3 is 2.58 bits per heavy atom. The van der Waals surface area contributed by atoms with Gasteiger partial charge in [0.05, 0.1) is 29.7 Å². The van der Waals surface area contributed by atoms with Gasteiger partial charge in [0.1, 0.15) is 5.82 Å². The lowest BCUT2D eigenvalue weighted by atomic mass is 10.2. The van der Waals surface area contributed by atoms with Crippen LogP contribution in [0.1, 0.15) is 17.0 Å². The van der Waals surface area contributed by atoms with Crippen molar-refractivity contribution in [1.29, 1.82) is 0 Å². The summed E-state index contributed by atoms with van der Waals surface area (Å²) in [5, 5.41) is 2.62. The van der Waals surface area contributed by atoms with Gasteiger partial charge in [0.2, 0.25) is 0 Å². The highest BCUT2D eigenvalue weighted by Crippen LogP contribution is 2.33. The van der Waals surface area contributed by atoms with E-state index in [1.54, 1.807) is 13.1 Å². The summed E-state index contributed by atoms with van der Waals surface area (Å²) in [5.74, 6) is -0.211. The van der Waals surface area contributed by atoms with Crippen LogP contribution in [-0.2, 0) is 12.7 Å². The van der Waals surface area contributed by atoms with Gasteiger partial charge in [-0.2, -0.15) is 13.2 Å². The van der Waals surface area contributed by atoms with Crippen LogP contribution in [0.5, 0.6) is 0 Å². The number of nitrogens with one attached hydrogen (secondary N) is 1. The number of anilines is 1. The fourth-order valence-electron chi connectivity index (χ4n) is 1.46. The molecule has 100 valence electrons. The fraction of sp³-hybridized carbons (Fsp3) is 0.250. The zero-order valence-electron chi connectivity index (χ0n) is 10.1. The van der Waals surface area contributed by atoms with E-state index >= 15 is 0 Å². The van der Waals surface area contributed by atoms with Crippen molar-refractivity contribution in [1.82, 2.24) is 15.0 Å². The van der Waals surface area contributed by atoms with E-state index in [9.17, 15) is 13.2 Å². The topological polar surface area (TPSA) is 50.7 Å². The van der Waals surface area contributed by atoms with Crippen molar-refractivity contribution >= 4 is 5.82 Å². The van der Waals surface area contributed by atoms with Gasteiger partial charge in [-0.15, -0.1) is 0 Å². The molecule has 19 heavy (non-hydrogen) atoms. The minimum atomic E-state index is -4.43. The number of aryl methyl sites for hydroxylation is 1. The van der Waals surface area contributed by atoms with E-state index in [2.05, 4.69) is 20.3 Å². The Bertz CT molecular complexity index is 552. The largest absolute Gasteiger partial charge is 0.419 e. The number of nitrogens with zero attached hydrogens (tertiary/aromatic N) is 3. The van der Waals surface area contributed by atoms with Crippen LogP contribution < -0.4 is 5.32 Å². The average Bonchev–Trinajstić information content (AvgIpc) is 2.37. The van der Waals surface area contributed by atoms with Crippen LogP contribution in [0, 0.1) is 6.92 Å². The summed E-state index contributed by atoms with van der Waals surface area (Å²) in [6.45, 7) is 1.91. The molecule has 0 atom stereocenters. The second-order valence-electron chi connectivity index (χ2n) is 3.90. The van der Waals surface area contributed by atoms with Gasteiger partial charge in [-0.3, -0.25) is 9.97 Å². The van der Waals surface area contributed by atoms with Gasteiger partial charge < -0.3 is 5.32 Å². The molecule has 2 heterocycles. The summed E-state index contributed by atoms with van der Waals surface area (Å²) in [6, 6.07) is 2.23. The Morgan fingerprint density at radius 2 is 1.95 bits per heavy atom. The monoisotopic (exact) mass is 268 g/mol. The molecule has 0 unspecified atom stereocenters. The van der Waals surface area contributed by atoms with Gasteiger partial charge in [0, 0.05) is 12.4 Å². The van der Waals surface area contributed by atoms with Crippen molar-refractivity contribution in [2.75, 3.05) is 5.32 Å². The lowest BCUT2D eigenvalue weighted by molar-refractivity contribution is -0.137. The van der Waals surface area contributed by atoms with Crippen LogP contribution in [0.3, 0.4) is 0 Å². The summed E-state index contributed by atoms with van der Waals surface area (Å²) in [4.78, 5) is 11.8. The van der Waals surface area contributed by atoms with E-state index in [0.29, 0.717) is 5.69 Å². The summed E-state index contributed by atoms with van der Waals surface area (Å²) in [6.07, 6.45) is -0.0629. The van der Waals surface area contributed by atoms with E-state index < -0.39 is 11.7 Å². The smallest absolute Gasteiger partial charge is 0.364 e. The van der Waals surface area contributed by atoms with Crippen LogP contribution in [0.4, 0.5) is 19.0 Å². The molecule has 2 rings (SSSR count). The third-order valence-corrected chi connectivity index (χ3v) is 2.38. The van der Waals surface area contributed by atoms with Crippen molar-refractivity contribution < 1.29 is 13.2 Å². The van der Waals surface area contributed by atoms with Crippen LogP contribution >= 0.6 is 0 Å². The number of halogens is 3. The van der Waals surface area contributed by atoms with E-state index in [1.807, 2.05) is 0 Å². The zero-order chi connectivity index (χ0) is 13.9. The molecule has 0 amide bonds. The fourth-order valence-corrected chi connectivity index (χ4v) is 1.46. The third-order valence-electron chi connectivity index (χ3n) is 2.38. The normalized spacial score (nSPS) is 11.4. The molecule has 0 saturated heterocycles. The van der Waals surface area contributed by atoms with Crippen molar-refractivity contribution in [2.45, 2.75) is 19.6 Å². The zero-order valence-corrected chi connectivity index (χ0v) is 10.1. The molecule has 2 aromatic rings. The number of hydrogen-bond acceptors (Lipinski definition) is 4. The number of aromatic nitrogens is 3. The molecule has 0 radical (unpaired) electrons. The molecule has 0 aliphatic carbocycles. The number of alkyl halides is 3. The lowest BCUT2D eigenvalue weighted by Crippen LogP contribution is -2.12. The van der Waals surface area contributed by atoms with Gasteiger partial charge >= 0.3 is 6.18 Å². The Morgan fingerprint density at radius 1 is 1.16 bits per heavy atom. The van der Waals surface area contributed by atoms with Crippen LogP contribution in [-0.4, -0.2) is 15.0 Å². The van der Waals surface area contributed by atoms with Gasteiger partial charge in [0.15, 0.2) is 0 Å². The summed E-state index contributed by atoms with van der Waals surface area (Å²) >= 11 is 0. The summed E-state index contributed by atoms with van der Waals surface area (Å²) in [7, 11) is 0. The summed E-state index contributed by atoms with van der Waals surface area (Å²) < 4.78 is 38.2. The molecule has 0 bridgehead atoms. The molecular formula is C12H11F3N4. The van der Waals surface area contributed by atoms with Crippen molar-refractivity contribution in [3.8, 4) is 0 Å². The molecule has 1 N–H and O–H groups in total. The first-order chi connectivity index (χ1) is 8.97. The molecule has 0 aliphatic rings. The first kappa shape index (κ1) is 13.3. The predicted octanol–water partition coefficient (Wildman–Crippen LogP) is 2.81. The Balaban J connectivity index is 2.14. The van der Waals surface area contributed by atoms with Crippen LogP contribution in [0.2, 0.25) is 0 Å². The standard InChI is InChI=1S/C12H11F3N4/c1-8-5-18-9(6-17-8)7-19-11-10(12(13,14)15)3-2-4-16-11/h2-6H,7H2,1H3,(H,16,19). The van der Waals surface area contributed by atoms with Crippen LogP contribution in [0.25, 0.3) is 0 Å². The van der Waals surface area contributed by atoms with Crippen LogP contribution in [0.15, 0.2) is 30.7 Å². The highest BCUT2D eigenvalue weighted by Gasteiger charge is 2.33. The molecule has 0 aliphatic heterocycles. The maximum Gasteiger partial charge on any atom is 0.419 e. The van der Waals surface area contributed by atoms with Gasteiger partial charge in [-0.25, -0.2) is 4.98 Å². The van der Waals surface area contributed by atoms with E-state index in [-0.39, 0.29) is 12.4 Å². The number of rotatable bonds is 3. The summed E-state index contributed by atoms with van der Waals surface area (Å²) in [5.41, 5.74) is 0.497. The first-order valence-corrected chi connectivity index (χ1v) is 5.50. The molecule has 0 aromatic carbocycles. The second kappa shape index (κ2) is 5.21. The predicted molar refractivity (Wildman–Crippen MR) is 63.3 cm³/mol. The van der Waals surface area contributed by atoms with Gasteiger partial charge in [-0.1, -0.05) is 0 Å². The van der Waals surface area contributed by atoms with Crippen molar-refractivity contribution in [3.05, 3.63) is 47.7 Å². The maximum atomic E-state index is 12.7. The number of hydrogen-bond donors (Lipinski definition) is 1. The third kappa shape index (κ3) is 3.40. The molecular weight excluding hydrogens is 257 g/mol. The molecule has 4 nitrogen and oxygen atoms in total. The molecule has 0 saturated carbocycles. The Labute approximate surface area is 107 Å². The SMILES string of the molecule is Cc1cnc(CNc2ncccc2C(F)(F)F)cn1. The second-order valence-corrected chi connectivity index (χ2v) is 3.90. The lowest BCUT2D eigenvalue weighted by Gasteiger charge is -2.12. The molecule has 7 heteroatoms. The highest BCUT2D eigenvalue weighted by atomic mass is 19.4. The molecule has 2 aromatic heterocycles. The van der Waals surface area contributed by atoms with E-state index in [4.69, 9.17) is 0 Å². The van der Waals surface area contributed by atoms with Gasteiger partial charge in [0.25, 0.3) is 0 Å². The Kier molecular flexibility index (Phi) is 3.64.